The van der Waals surface area contributed by atoms with Crippen molar-refractivity contribution in [3.05, 3.63) is 72.0 Å². The Bertz CT molecular complexity index is 1410. The number of hydrogen-bond donors (Lipinski definition) is 1. The number of carbonyl (C=O) groups is 1. The number of nitrogens with zero attached hydrogens (tertiary/aromatic N) is 5. The van der Waals surface area contributed by atoms with Gasteiger partial charge in [0.2, 0.25) is 5.91 Å². The van der Waals surface area contributed by atoms with Crippen LogP contribution in [0.5, 0.6) is 0 Å². The first-order valence-corrected chi connectivity index (χ1v) is 10.6. The van der Waals surface area contributed by atoms with Crippen molar-refractivity contribution in [2.45, 2.75) is 13.0 Å². The zero-order valence-electron chi connectivity index (χ0n) is 16.4. The molecule has 1 N–H and O–H groups in total. The number of rotatable bonds is 5. The largest absolute Gasteiger partial charge is 0.332 e. The number of aromatic nitrogens is 5. The number of halogens is 2. The number of benzene rings is 1. The SMILES string of the molecule is Cn1c(=O)c2c(ncn2CC(=O)Nc2ncc(Cc3c(Cl)cccc3Cl)s2)n(C)c1=O. The summed E-state index contributed by atoms with van der Waals surface area (Å²) >= 11 is 13.7. The molecule has 0 radical (unpaired) electrons. The number of anilines is 1. The molecule has 3 aromatic heterocycles. The van der Waals surface area contributed by atoms with Gasteiger partial charge < -0.3 is 9.88 Å². The third kappa shape index (κ3) is 4.01. The van der Waals surface area contributed by atoms with Crippen LogP contribution < -0.4 is 16.6 Å². The molecule has 1 amide bonds. The van der Waals surface area contributed by atoms with Crippen LogP contribution in [0.2, 0.25) is 10.0 Å². The maximum absolute atomic E-state index is 12.5. The molecule has 12 heteroatoms. The molecular weight excluding hydrogens is 463 g/mol. The molecule has 4 aromatic rings. The topological polar surface area (TPSA) is 104 Å². The first-order chi connectivity index (χ1) is 14.8. The highest BCUT2D eigenvalue weighted by Crippen LogP contribution is 2.29. The summed E-state index contributed by atoms with van der Waals surface area (Å²) in [4.78, 5) is 46.2. The zero-order chi connectivity index (χ0) is 22.3. The van der Waals surface area contributed by atoms with Crippen LogP contribution in [-0.2, 0) is 31.9 Å². The van der Waals surface area contributed by atoms with Gasteiger partial charge in [-0.3, -0.25) is 18.7 Å². The van der Waals surface area contributed by atoms with Crippen LogP contribution in [0.3, 0.4) is 0 Å². The molecule has 4 rings (SSSR count). The summed E-state index contributed by atoms with van der Waals surface area (Å²) in [5, 5.41) is 4.26. The lowest BCUT2D eigenvalue weighted by atomic mass is 10.1. The predicted octanol–water partition coefficient (Wildman–Crippen LogP) is 2.43. The molecule has 0 unspecified atom stereocenters. The lowest BCUT2D eigenvalue weighted by Gasteiger charge is -2.06. The molecule has 0 spiro atoms. The number of fused-ring (bicyclic) bond motifs is 1. The number of nitrogens with one attached hydrogen (secondary N) is 1. The third-order valence-corrected chi connectivity index (χ3v) is 6.36. The van der Waals surface area contributed by atoms with Gasteiger partial charge >= 0.3 is 5.69 Å². The molecule has 0 fully saturated rings. The van der Waals surface area contributed by atoms with Crippen LogP contribution in [0.1, 0.15) is 10.4 Å². The Hall–Kier alpha value is -2.95. The van der Waals surface area contributed by atoms with E-state index in [4.69, 9.17) is 23.2 Å². The Balaban J connectivity index is 1.52. The van der Waals surface area contributed by atoms with Gasteiger partial charge in [0.25, 0.3) is 5.56 Å². The van der Waals surface area contributed by atoms with Gasteiger partial charge in [0.05, 0.1) is 6.33 Å². The molecule has 0 saturated carbocycles. The molecular formula is C19H16Cl2N6O3S. The van der Waals surface area contributed by atoms with Crippen molar-refractivity contribution in [1.29, 1.82) is 0 Å². The summed E-state index contributed by atoms with van der Waals surface area (Å²) in [6, 6.07) is 5.31. The molecule has 160 valence electrons. The summed E-state index contributed by atoms with van der Waals surface area (Å²) < 4.78 is 3.65. The van der Waals surface area contributed by atoms with Crippen LogP contribution in [0.15, 0.2) is 40.3 Å². The molecule has 1 aromatic carbocycles. The fourth-order valence-electron chi connectivity index (χ4n) is 3.15. The van der Waals surface area contributed by atoms with Crippen LogP contribution >= 0.6 is 34.5 Å². The highest BCUT2D eigenvalue weighted by molar-refractivity contribution is 7.15. The zero-order valence-corrected chi connectivity index (χ0v) is 18.8. The van der Waals surface area contributed by atoms with Gasteiger partial charge in [-0.05, 0) is 17.7 Å². The Labute approximate surface area is 189 Å². The molecule has 0 aliphatic rings. The van der Waals surface area contributed by atoms with Crippen LogP contribution in [0.4, 0.5) is 5.13 Å². The lowest BCUT2D eigenvalue weighted by molar-refractivity contribution is -0.116. The number of aryl methyl sites for hydroxylation is 1. The first-order valence-electron chi connectivity index (χ1n) is 9.04. The Morgan fingerprint density at radius 3 is 2.55 bits per heavy atom. The fourth-order valence-corrected chi connectivity index (χ4v) is 4.52. The van der Waals surface area contributed by atoms with Crippen molar-refractivity contribution in [3.8, 4) is 0 Å². The third-order valence-electron chi connectivity index (χ3n) is 4.74. The summed E-state index contributed by atoms with van der Waals surface area (Å²) in [7, 11) is 2.90. The second kappa shape index (κ2) is 8.29. The van der Waals surface area contributed by atoms with E-state index >= 15 is 0 Å². The minimum atomic E-state index is -0.517. The normalized spacial score (nSPS) is 11.2. The average molecular weight is 479 g/mol. The number of thiazole rings is 1. The molecule has 9 nitrogen and oxygen atoms in total. The molecule has 0 saturated heterocycles. The lowest BCUT2D eigenvalue weighted by Crippen LogP contribution is -2.37. The maximum Gasteiger partial charge on any atom is 0.332 e. The summed E-state index contributed by atoms with van der Waals surface area (Å²) in [6.07, 6.45) is 3.50. The second-order valence-electron chi connectivity index (χ2n) is 6.81. The highest BCUT2D eigenvalue weighted by Gasteiger charge is 2.17. The van der Waals surface area contributed by atoms with Crippen LogP contribution in [-0.4, -0.2) is 29.6 Å². The van der Waals surface area contributed by atoms with Gasteiger partial charge in [0.1, 0.15) is 6.54 Å². The van der Waals surface area contributed by atoms with Crippen molar-refractivity contribution in [1.82, 2.24) is 23.7 Å². The van der Waals surface area contributed by atoms with E-state index in [1.54, 1.807) is 24.4 Å². The number of imidazole rings is 1. The summed E-state index contributed by atoms with van der Waals surface area (Å²) in [5.41, 5.74) is 0.179. The van der Waals surface area contributed by atoms with Crippen molar-refractivity contribution in [2.24, 2.45) is 14.1 Å². The molecule has 31 heavy (non-hydrogen) atoms. The molecule has 0 aliphatic carbocycles. The number of hydrogen-bond acceptors (Lipinski definition) is 6. The summed E-state index contributed by atoms with van der Waals surface area (Å²) in [5.74, 6) is -0.383. The standard InChI is InChI=1S/C19H16Cl2N6O3S/c1-25-16-15(17(29)26(2)19(25)30)27(9-23-16)8-14(28)24-18-22-7-10(31-18)6-11-12(20)4-3-5-13(11)21/h3-5,7,9H,6,8H2,1-2H3,(H,22,24,28). The van der Waals surface area contributed by atoms with E-state index in [9.17, 15) is 14.4 Å². The molecule has 3 heterocycles. The summed E-state index contributed by atoms with van der Waals surface area (Å²) in [6.45, 7) is -0.158. The molecule has 0 bridgehead atoms. The monoisotopic (exact) mass is 478 g/mol. The smallest absolute Gasteiger partial charge is 0.315 e. The van der Waals surface area contributed by atoms with Crippen molar-refractivity contribution < 1.29 is 4.79 Å². The Morgan fingerprint density at radius 1 is 1.13 bits per heavy atom. The highest BCUT2D eigenvalue weighted by atomic mass is 35.5. The minimum absolute atomic E-state index is 0.158. The molecule has 0 aliphatic heterocycles. The van der Waals surface area contributed by atoms with E-state index in [0.717, 1.165) is 15.0 Å². The quantitative estimate of drug-likeness (QED) is 0.474. The Morgan fingerprint density at radius 2 is 1.84 bits per heavy atom. The van der Waals surface area contributed by atoms with Gasteiger partial charge in [0.15, 0.2) is 16.3 Å². The predicted molar refractivity (Wildman–Crippen MR) is 120 cm³/mol. The maximum atomic E-state index is 12.5. The van der Waals surface area contributed by atoms with E-state index in [0.29, 0.717) is 21.6 Å². The van der Waals surface area contributed by atoms with Gasteiger partial charge in [-0.2, -0.15) is 0 Å². The number of carbonyl (C=O) groups excluding carboxylic acids is 1. The second-order valence-corrected chi connectivity index (χ2v) is 8.74. The minimum Gasteiger partial charge on any atom is -0.315 e. The van der Waals surface area contributed by atoms with E-state index in [1.165, 1.54) is 40.9 Å². The van der Waals surface area contributed by atoms with Gasteiger partial charge in [-0.15, -0.1) is 11.3 Å². The van der Waals surface area contributed by atoms with Crippen molar-refractivity contribution in [3.63, 3.8) is 0 Å². The van der Waals surface area contributed by atoms with Gasteiger partial charge in [-0.25, -0.2) is 14.8 Å². The van der Waals surface area contributed by atoms with Gasteiger partial charge in [-0.1, -0.05) is 29.3 Å². The van der Waals surface area contributed by atoms with E-state index in [-0.39, 0.29) is 23.6 Å². The van der Waals surface area contributed by atoms with Crippen molar-refractivity contribution >= 4 is 56.7 Å². The number of amides is 1. The van der Waals surface area contributed by atoms with Crippen LogP contribution in [0.25, 0.3) is 11.2 Å². The van der Waals surface area contributed by atoms with Gasteiger partial charge in [0, 0.05) is 41.6 Å². The van der Waals surface area contributed by atoms with E-state index in [1.807, 2.05) is 0 Å². The molecule has 0 atom stereocenters. The fraction of sp³-hybridized carbons (Fsp3) is 0.211. The van der Waals surface area contributed by atoms with Crippen LogP contribution in [0, 0.1) is 0 Å². The van der Waals surface area contributed by atoms with Crippen molar-refractivity contribution in [2.75, 3.05) is 5.32 Å². The van der Waals surface area contributed by atoms with E-state index < -0.39 is 11.2 Å². The first kappa shape index (κ1) is 21.3. The Kier molecular flexibility index (Phi) is 5.69. The van der Waals surface area contributed by atoms with E-state index in [2.05, 4.69) is 15.3 Å². The average Bonchev–Trinajstić information content (AvgIpc) is 3.34.